The van der Waals surface area contributed by atoms with Crippen LogP contribution in [0.4, 0.5) is 0 Å². The van der Waals surface area contributed by atoms with E-state index < -0.39 is 53.8 Å². The van der Waals surface area contributed by atoms with E-state index in [0.29, 0.717) is 18.6 Å². The van der Waals surface area contributed by atoms with Gasteiger partial charge in [-0.2, -0.15) is 11.8 Å². The third-order valence-electron chi connectivity index (χ3n) is 5.88. The molecule has 2 heterocycles. The summed E-state index contributed by atoms with van der Waals surface area (Å²) in [6, 6.07) is -2.81. The fourth-order valence-electron chi connectivity index (χ4n) is 3.75. The highest BCUT2D eigenvalue weighted by molar-refractivity contribution is 7.99. The van der Waals surface area contributed by atoms with Crippen LogP contribution in [0.2, 0.25) is 0 Å². The third kappa shape index (κ3) is 8.69. The van der Waals surface area contributed by atoms with Crippen LogP contribution in [-0.2, 0) is 28.7 Å². The largest absolute Gasteiger partial charge is 0.456 e. The minimum Gasteiger partial charge on any atom is -0.456 e. The average molecular weight is 523 g/mol. The van der Waals surface area contributed by atoms with Crippen LogP contribution in [0.15, 0.2) is 23.9 Å². The molecule has 0 unspecified atom stereocenters. The summed E-state index contributed by atoms with van der Waals surface area (Å²) in [4.78, 5) is 65.2. The third-order valence-corrected chi connectivity index (χ3v) is 6.93. The standard InChI is InChI=1S/C25H38N4O6S/c1-6-17-22(31)29-21(15(4)5)25(34)35-16-9-7-8-11-36-12-10-18(23(32)26-17)27-24(33)20(14(2)3)28-19(30)13-16/h6-7,9,14-16,18,20-21H,8,10-13H2,1-5H3,(H,26,32)(H,27,33)(H,28,30)(H,29,31)/b9-7+,17-6-/t16-,18-,20-,21+/m1/s1. The second-order valence-corrected chi connectivity index (χ2v) is 10.8. The zero-order valence-corrected chi connectivity index (χ0v) is 22.4. The summed E-state index contributed by atoms with van der Waals surface area (Å²) in [6.07, 6.45) is 4.91. The minimum absolute atomic E-state index is 0.0353. The Bertz CT molecular complexity index is 901. The summed E-state index contributed by atoms with van der Waals surface area (Å²) < 4.78 is 5.66. The van der Waals surface area contributed by atoms with E-state index in [1.165, 1.54) is 6.08 Å². The summed E-state index contributed by atoms with van der Waals surface area (Å²) in [6.45, 7) is 8.68. The van der Waals surface area contributed by atoms with E-state index in [9.17, 15) is 24.0 Å². The first-order valence-electron chi connectivity index (χ1n) is 12.4. The molecule has 200 valence electrons. The molecule has 4 amide bonds. The lowest BCUT2D eigenvalue weighted by atomic mass is 10.0. The van der Waals surface area contributed by atoms with Crippen LogP contribution < -0.4 is 21.3 Å². The van der Waals surface area contributed by atoms with Crippen LogP contribution >= 0.6 is 11.8 Å². The molecule has 2 aliphatic heterocycles. The predicted octanol–water partition coefficient (Wildman–Crippen LogP) is 1.17. The van der Waals surface area contributed by atoms with Gasteiger partial charge in [0.1, 0.15) is 29.9 Å². The number of ether oxygens (including phenoxy) is 1. The van der Waals surface area contributed by atoms with E-state index >= 15 is 0 Å². The number of fused-ring (bicyclic) bond motifs is 7. The van der Waals surface area contributed by atoms with Crippen molar-refractivity contribution < 1.29 is 28.7 Å². The van der Waals surface area contributed by atoms with Crippen molar-refractivity contribution in [1.82, 2.24) is 21.3 Å². The molecule has 0 aromatic rings. The van der Waals surface area contributed by atoms with Crippen LogP contribution in [0, 0.1) is 11.8 Å². The molecule has 0 aliphatic carbocycles. The van der Waals surface area contributed by atoms with Gasteiger partial charge in [-0.25, -0.2) is 4.79 Å². The van der Waals surface area contributed by atoms with Gasteiger partial charge in [0.15, 0.2) is 0 Å². The molecule has 1 fully saturated rings. The van der Waals surface area contributed by atoms with E-state index in [2.05, 4.69) is 21.3 Å². The minimum atomic E-state index is -0.999. The summed E-state index contributed by atoms with van der Waals surface area (Å²) in [5.41, 5.74) is -0.0353. The first-order chi connectivity index (χ1) is 17.0. The van der Waals surface area contributed by atoms with Gasteiger partial charge in [-0.1, -0.05) is 39.8 Å². The Morgan fingerprint density at radius 1 is 0.944 bits per heavy atom. The quantitative estimate of drug-likeness (QED) is 0.242. The molecular weight excluding hydrogens is 484 g/mol. The lowest BCUT2D eigenvalue weighted by Crippen LogP contribution is -2.56. The molecule has 36 heavy (non-hydrogen) atoms. The summed E-state index contributed by atoms with van der Waals surface area (Å²) in [5, 5.41) is 10.7. The maximum atomic E-state index is 13.2. The number of hydrogen-bond donors (Lipinski definition) is 4. The molecule has 0 radical (unpaired) electrons. The molecule has 0 spiro atoms. The van der Waals surface area contributed by atoms with E-state index in [1.54, 1.807) is 52.5 Å². The Balaban J connectivity index is 2.55. The molecule has 0 aromatic carbocycles. The second kappa shape index (κ2) is 14.1. The molecule has 4 N–H and O–H groups in total. The Labute approximate surface area is 216 Å². The topological polar surface area (TPSA) is 143 Å². The molecule has 2 rings (SSSR count). The van der Waals surface area contributed by atoms with Crippen LogP contribution in [0.3, 0.4) is 0 Å². The lowest BCUT2D eigenvalue weighted by molar-refractivity contribution is -0.153. The van der Waals surface area contributed by atoms with Crippen molar-refractivity contribution in [2.45, 2.75) is 78.1 Å². The molecule has 4 atom stereocenters. The number of rotatable bonds is 2. The maximum Gasteiger partial charge on any atom is 0.329 e. The normalized spacial score (nSPS) is 29.6. The number of amides is 4. The lowest BCUT2D eigenvalue weighted by Gasteiger charge is -2.27. The molecule has 0 saturated carbocycles. The number of esters is 1. The van der Waals surface area contributed by atoms with Crippen molar-refractivity contribution in [2.24, 2.45) is 11.8 Å². The Morgan fingerprint density at radius 3 is 2.28 bits per heavy atom. The smallest absolute Gasteiger partial charge is 0.329 e. The monoisotopic (exact) mass is 522 g/mol. The molecular formula is C25H38N4O6S. The van der Waals surface area contributed by atoms with Gasteiger partial charge >= 0.3 is 5.97 Å². The number of thioether (sulfide) groups is 1. The van der Waals surface area contributed by atoms with Crippen LogP contribution in [-0.4, -0.2) is 65.3 Å². The molecule has 11 heteroatoms. The SMILES string of the molecule is C/C=C1\NC(=O)[C@H]2CCSCC/C=C/[C@H](CC(=O)N[C@H](C(C)C)C(=O)N2)OC(=O)[C@H](C(C)C)NC1=O. The van der Waals surface area contributed by atoms with Gasteiger partial charge in [-0.15, -0.1) is 0 Å². The average Bonchev–Trinajstić information content (AvgIpc) is 2.81. The van der Waals surface area contributed by atoms with Crippen LogP contribution in [0.1, 0.15) is 53.9 Å². The number of allylic oxidation sites excluding steroid dienone is 2. The zero-order chi connectivity index (χ0) is 26.8. The van der Waals surface area contributed by atoms with Gasteiger partial charge in [-0.05, 0) is 49.2 Å². The fourth-order valence-corrected chi connectivity index (χ4v) is 4.66. The molecule has 2 aliphatic rings. The van der Waals surface area contributed by atoms with Crippen molar-refractivity contribution in [2.75, 3.05) is 11.5 Å². The number of nitrogens with one attached hydrogen (secondary N) is 4. The number of carbonyl (C=O) groups is 5. The van der Waals surface area contributed by atoms with Crippen LogP contribution in [0.5, 0.6) is 0 Å². The Hall–Kier alpha value is -2.82. The van der Waals surface area contributed by atoms with Gasteiger partial charge in [0, 0.05) is 0 Å². The van der Waals surface area contributed by atoms with Gasteiger partial charge in [0.2, 0.25) is 17.7 Å². The molecule has 1 saturated heterocycles. The van der Waals surface area contributed by atoms with Gasteiger partial charge < -0.3 is 26.0 Å². The highest BCUT2D eigenvalue weighted by Gasteiger charge is 2.33. The number of hydrogen-bond acceptors (Lipinski definition) is 7. The highest BCUT2D eigenvalue weighted by Crippen LogP contribution is 2.14. The van der Waals surface area contributed by atoms with Gasteiger partial charge in [-0.3, -0.25) is 19.2 Å². The zero-order valence-electron chi connectivity index (χ0n) is 21.6. The number of carbonyl (C=O) groups excluding carboxylic acids is 5. The Kier molecular flexibility index (Phi) is 11.5. The second-order valence-electron chi connectivity index (χ2n) is 9.53. The Morgan fingerprint density at radius 2 is 1.64 bits per heavy atom. The van der Waals surface area contributed by atoms with E-state index in [4.69, 9.17) is 4.74 Å². The van der Waals surface area contributed by atoms with E-state index in [-0.39, 0.29) is 24.0 Å². The first-order valence-corrected chi connectivity index (χ1v) is 13.5. The summed E-state index contributed by atoms with van der Waals surface area (Å²) in [7, 11) is 0. The van der Waals surface area contributed by atoms with Crippen molar-refractivity contribution >= 4 is 41.4 Å². The summed E-state index contributed by atoms with van der Waals surface area (Å²) in [5.74, 6) is -2.10. The van der Waals surface area contributed by atoms with Crippen molar-refractivity contribution in [3.05, 3.63) is 23.9 Å². The van der Waals surface area contributed by atoms with E-state index in [1.807, 2.05) is 6.08 Å². The van der Waals surface area contributed by atoms with E-state index in [0.717, 1.165) is 5.75 Å². The van der Waals surface area contributed by atoms with Crippen LogP contribution in [0.25, 0.3) is 0 Å². The predicted molar refractivity (Wildman–Crippen MR) is 138 cm³/mol. The van der Waals surface area contributed by atoms with Crippen molar-refractivity contribution in [3.63, 3.8) is 0 Å². The van der Waals surface area contributed by atoms with Crippen molar-refractivity contribution in [3.8, 4) is 0 Å². The highest BCUT2D eigenvalue weighted by atomic mass is 32.2. The van der Waals surface area contributed by atoms with Crippen molar-refractivity contribution in [1.29, 1.82) is 0 Å². The molecule has 0 aromatic heterocycles. The molecule has 2 bridgehead atoms. The first kappa shape index (κ1) is 29.4. The van der Waals surface area contributed by atoms with Gasteiger partial charge in [0.05, 0.1) is 6.42 Å². The summed E-state index contributed by atoms with van der Waals surface area (Å²) >= 11 is 1.61. The molecule has 10 nitrogen and oxygen atoms in total. The maximum absolute atomic E-state index is 13.2. The fraction of sp³-hybridized carbons (Fsp3) is 0.640. The van der Waals surface area contributed by atoms with Gasteiger partial charge in [0.25, 0.3) is 5.91 Å².